The van der Waals surface area contributed by atoms with Gasteiger partial charge in [-0.05, 0) is 42.5 Å². The Kier molecular flexibility index (Phi) is 3.64. The van der Waals surface area contributed by atoms with E-state index in [1.165, 1.54) is 12.1 Å². The normalized spacial score (nSPS) is 13.3. The molecule has 14 heavy (non-hydrogen) atoms. The van der Waals surface area contributed by atoms with E-state index in [9.17, 15) is 9.50 Å². The number of aliphatic hydroxyl groups excluding tert-OH is 1. The number of benzene rings is 1. The minimum absolute atomic E-state index is 0.275. The van der Waals surface area contributed by atoms with Gasteiger partial charge in [-0.3, -0.25) is 0 Å². The molecule has 1 rings (SSSR count). The predicted molar refractivity (Wildman–Crippen MR) is 55.6 cm³/mol. The van der Waals surface area contributed by atoms with E-state index in [4.69, 9.17) is 0 Å². The zero-order chi connectivity index (χ0) is 10.7. The Bertz CT molecular complexity index is 287. The van der Waals surface area contributed by atoms with Gasteiger partial charge in [-0.2, -0.15) is 0 Å². The summed E-state index contributed by atoms with van der Waals surface area (Å²) in [5.74, 6) is 0.136. The fourth-order valence-electron chi connectivity index (χ4n) is 1.54. The maximum atomic E-state index is 13.0. The van der Waals surface area contributed by atoms with Crippen molar-refractivity contribution in [2.45, 2.75) is 33.3 Å². The standard InChI is InChI=1S/C12H17FO/c1-8(2)4-12(14)10-5-9(3)6-11(13)7-10/h5-8,12,14H,4H2,1-3H3. The lowest BCUT2D eigenvalue weighted by atomic mass is 9.98. The molecular formula is C12H17FO. The van der Waals surface area contributed by atoms with Crippen molar-refractivity contribution in [2.75, 3.05) is 0 Å². The highest BCUT2D eigenvalue weighted by molar-refractivity contribution is 5.25. The van der Waals surface area contributed by atoms with E-state index in [-0.39, 0.29) is 5.82 Å². The molecule has 0 aromatic heterocycles. The fourth-order valence-corrected chi connectivity index (χ4v) is 1.54. The van der Waals surface area contributed by atoms with E-state index in [0.29, 0.717) is 17.9 Å². The van der Waals surface area contributed by atoms with Crippen molar-refractivity contribution in [3.05, 3.63) is 35.1 Å². The zero-order valence-corrected chi connectivity index (χ0v) is 8.92. The summed E-state index contributed by atoms with van der Waals surface area (Å²) in [7, 11) is 0. The van der Waals surface area contributed by atoms with Gasteiger partial charge in [0.25, 0.3) is 0 Å². The lowest BCUT2D eigenvalue weighted by Crippen LogP contribution is -2.02. The molecule has 0 heterocycles. The van der Waals surface area contributed by atoms with Gasteiger partial charge in [0.2, 0.25) is 0 Å². The van der Waals surface area contributed by atoms with Gasteiger partial charge < -0.3 is 5.11 Å². The highest BCUT2D eigenvalue weighted by Crippen LogP contribution is 2.22. The minimum atomic E-state index is -0.551. The molecule has 0 amide bonds. The summed E-state index contributed by atoms with van der Waals surface area (Å²) in [4.78, 5) is 0. The fraction of sp³-hybridized carbons (Fsp3) is 0.500. The van der Waals surface area contributed by atoms with Crippen molar-refractivity contribution < 1.29 is 9.50 Å². The summed E-state index contributed by atoms with van der Waals surface area (Å²) in [6.07, 6.45) is 0.118. The number of aryl methyl sites for hydroxylation is 1. The summed E-state index contributed by atoms with van der Waals surface area (Å²) in [6.45, 7) is 5.90. The molecule has 0 fully saturated rings. The second kappa shape index (κ2) is 4.56. The Morgan fingerprint density at radius 3 is 2.43 bits per heavy atom. The van der Waals surface area contributed by atoms with Crippen molar-refractivity contribution in [1.29, 1.82) is 0 Å². The molecule has 1 aromatic carbocycles. The van der Waals surface area contributed by atoms with E-state index in [1.54, 1.807) is 0 Å². The first-order chi connectivity index (χ1) is 6.49. The van der Waals surface area contributed by atoms with Crippen LogP contribution in [0.4, 0.5) is 4.39 Å². The molecule has 0 radical (unpaired) electrons. The molecule has 1 N–H and O–H groups in total. The highest BCUT2D eigenvalue weighted by atomic mass is 19.1. The molecule has 0 aliphatic rings. The summed E-state index contributed by atoms with van der Waals surface area (Å²) in [6, 6.07) is 4.70. The van der Waals surface area contributed by atoms with Gasteiger partial charge in [0.1, 0.15) is 5.82 Å². The molecule has 0 saturated heterocycles. The van der Waals surface area contributed by atoms with Crippen LogP contribution in [0.2, 0.25) is 0 Å². The average Bonchev–Trinajstić information content (AvgIpc) is 2.00. The van der Waals surface area contributed by atoms with Crippen LogP contribution in [0, 0.1) is 18.7 Å². The van der Waals surface area contributed by atoms with Crippen LogP contribution in [0.25, 0.3) is 0 Å². The van der Waals surface area contributed by atoms with E-state index >= 15 is 0 Å². The largest absolute Gasteiger partial charge is 0.388 e. The van der Waals surface area contributed by atoms with Crippen LogP contribution >= 0.6 is 0 Å². The molecule has 1 atom stereocenters. The minimum Gasteiger partial charge on any atom is -0.388 e. The molecular weight excluding hydrogens is 179 g/mol. The number of hydrogen-bond acceptors (Lipinski definition) is 1. The summed E-state index contributed by atoms with van der Waals surface area (Å²) >= 11 is 0. The van der Waals surface area contributed by atoms with Crippen LogP contribution in [0.3, 0.4) is 0 Å². The topological polar surface area (TPSA) is 20.2 Å². The lowest BCUT2D eigenvalue weighted by Gasteiger charge is -2.13. The van der Waals surface area contributed by atoms with Gasteiger partial charge >= 0.3 is 0 Å². The third-order valence-electron chi connectivity index (χ3n) is 2.14. The molecule has 0 saturated carbocycles. The van der Waals surface area contributed by atoms with Crippen LogP contribution < -0.4 is 0 Å². The Morgan fingerprint density at radius 1 is 1.29 bits per heavy atom. The zero-order valence-electron chi connectivity index (χ0n) is 8.92. The van der Waals surface area contributed by atoms with Gasteiger partial charge in [0.15, 0.2) is 0 Å². The Hall–Kier alpha value is -0.890. The number of halogens is 1. The predicted octanol–water partition coefficient (Wildman–Crippen LogP) is 3.21. The van der Waals surface area contributed by atoms with Crippen LogP contribution in [0.1, 0.15) is 37.5 Å². The highest BCUT2D eigenvalue weighted by Gasteiger charge is 2.10. The molecule has 0 aliphatic carbocycles. The smallest absolute Gasteiger partial charge is 0.123 e. The first kappa shape index (κ1) is 11.2. The van der Waals surface area contributed by atoms with Crippen molar-refractivity contribution in [3.8, 4) is 0 Å². The maximum absolute atomic E-state index is 13.0. The van der Waals surface area contributed by atoms with Crippen molar-refractivity contribution >= 4 is 0 Å². The molecule has 0 aliphatic heterocycles. The molecule has 1 unspecified atom stereocenters. The number of rotatable bonds is 3. The second-order valence-corrected chi connectivity index (χ2v) is 4.21. The quantitative estimate of drug-likeness (QED) is 0.787. The Labute approximate surface area is 84.6 Å². The molecule has 0 bridgehead atoms. The first-order valence-corrected chi connectivity index (χ1v) is 4.94. The van der Waals surface area contributed by atoms with E-state index in [2.05, 4.69) is 0 Å². The monoisotopic (exact) mass is 196 g/mol. The van der Waals surface area contributed by atoms with Crippen molar-refractivity contribution in [1.82, 2.24) is 0 Å². The van der Waals surface area contributed by atoms with Gasteiger partial charge in [-0.1, -0.05) is 19.9 Å². The van der Waals surface area contributed by atoms with Crippen LogP contribution in [0.5, 0.6) is 0 Å². The summed E-state index contributed by atoms with van der Waals surface area (Å²) in [5.41, 5.74) is 1.53. The Morgan fingerprint density at radius 2 is 1.93 bits per heavy atom. The third-order valence-corrected chi connectivity index (χ3v) is 2.14. The lowest BCUT2D eigenvalue weighted by molar-refractivity contribution is 0.150. The molecule has 78 valence electrons. The number of hydrogen-bond donors (Lipinski definition) is 1. The van der Waals surface area contributed by atoms with Crippen molar-refractivity contribution in [2.24, 2.45) is 5.92 Å². The second-order valence-electron chi connectivity index (χ2n) is 4.21. The molecule has 1 aromatic rings. The summed E-state index contributed by atoms with van der Waals surface area (Å²) < 4.78 is 13.0. The Balaban J connectivity index is 2.84. The number of aliphatic hydroxyl groups is 1. The van der Waals surface area contributed by atoms with Gasteiger partial charge in [0, 0.05) is 0 Å². The third kappa shape index (κ3) is 3.11. The van der Waals surface area contributed by atoms with E-state index < -0.39 is 6.10 Å². The average molecular weight is 196 g/mol. The SMILES string of the molecule is Cc1cc(F)cc(C(O)CC(C)C)c1. The molecule has 0 spiro atoms. The van der Waals surface area contributed by atoms with Crippen LogP contribution in [-0.4, -0.2) is 5.11 Å². The first-order valence-electron chi connectivity index (χ1n) is 4.94. The molecule has 1 nitrogen and oxygen atoms in total. The van der Waals surface area contributed by atoms with Gasteiger partial charge in [-0.15, -0.1) is 0 Å². The maximum Gasteiger partial charge on any atom is 0.123 e. The van der Waals surface area contributed by atoms with Crippen LogP contribution in [0.15, 0.2) is 18.2 Å². The van der Waals surface area contributed by atoms with Crippen LogP contribution in [-0.2, 0) is 0 Å². The molecule has 2 heteroatoms. The van der Waals surface area contributed by atoms with E-state index in [1.807, 2.05) is 26.8 Å². The van der Waals surface area contributed by atoms with Crippen molar-refractivity contribution in [3.63, 3.8) is 0 Å². The van der Waals surface area contributed by atoms with Gasteiger partial charge in [-0.25, -0.2) is 4.39 Å². The van der Waals surface area contributed by atoms with E-state index in [0.717, 1.165) is 5.56 Å². The summed E-state index contributed by atoms with van der Waals surface area (Å²) in [5, 5.41) is 9.77. The van der Waals surface area contributed by atoms with Gasteiger partial charge in [0.05, 0.1) is 6.10 Å².